The summed E-state index contributed by atoms with van der Waals surface area (Å²) in [6.07, 6.45) is 2.00. The SMILES string of the molecule is Cc1nn(-c2ccccc2)c(Oc2ccccc2)c1CN(CC1CCCO1)C(=O)c1ccccc1. The molecule has 2 heterocycles. The molecule has 1 aliphatic rings. The number of ether oxygens (including phenoxy) is 2. The number of hydrogen-bond acceptors (Lipinski definition) is 4. The van der Waals surface area contributed by atoms with Crippen LogP contribution >= 0.6 is 0 Å². The molecule has 0 spiro atoms. The van der Waals surface area contributed by atoms with Crippen LogP contribution in [0.2, 0.25) is 0 Å². The zero-order valence-electron chi connectivity index (χ0n) is 19.8. The molecule has 5 rings (SSSR count). The Morgan fingerprint density at radius 1 is 1.00 bits per heavy atom. The minimum atomic E-state index is -0.0291. The van der Waals surface area contributed by atoms with Gasteiger partial charge in [0.1, 0.15) is 5.75 Å². The lowest BCUT2D eigenvalue weighted by molar-refractivity contribution is 0.0505. The van der Waals surface area contributed by atoms with Gasteiger partial charge >= 0.3 is 0 Å². The standard InChI is InChI=1S/C29H29N3O3/c1-22-27(21-31(20-26-18-11-19-34-26)28(33)23-12-5-2-6-13-23)29(35-25-16-9-4-10-17-25)32(30-22)24-14-7-3-8-15-24/h2-10,12-17,26H,11,18-21H2,1H3. The van der Waals surface area contributed by atoms with Crippen LogP contribution in [0.25, 0.3) is 5.69 Å². The van der Waals surface area contributed by atoms with E-state index in [-0.39, 0.29) is 12.0 Å². The average molecular weight is 468 g/mol. The van der Waals surface area contributed by atoms with Crippen molar-refractivity contribution in [2.24, 2.45) is 0 Å². The molecule has 4 aromatic rings. The number of amides is 1. The Balaban J connectivity index is 1.54. The van der Waals surface area contributed by atoms with E-state index >= 15 is 0 Å². The van der Waals surface area contributed by atoms with Crippen LogP contribution in [-0.4, -0.2) is 39.8 Å². The highest BCUT2D eigenvalue weighted by atomic mass is 16.5. The topological polar surface area (TPSA) is 56.6 Å². The second kappa shape index (κ2) is 10.6. The third-order valence-electron chi connectivity index (χ3n) is 6.20. The van der Waals surface area contributed by atoms with E-state index in [0.29, 0.717) is 30.3 Å². The molecular weight excluding hydrogens is 438 g/mol. The molecule has 1 saturated heterocycles. The maximum absolute atomic E-state index is 13.6. The number of hydrogen-bond donors (Lipinski definition) is 0. The summed E-state index contributed by atoms with van der Waals surface area (Å²) in [5.74, 6) is 1.29. The van der Waals surface area contributed by atoms with Crippen molar-refractivity contribution in [2.75, 3.05) is 13.2 Å². The molecular formula is C29H29N3O3. The number of aromatic nitrogens is 2. The van der Waals surface area contributed by atoms with Gasteiger partial charge in [0.2, 0.25) is 5.88 Å². The van der Waals surface area contributed by atoms with Crippen LogP contribution in [0.3, 0.4) is 0 Å². The van der Waals surface area contributed by atoms with Gasteiger partial charge < -0.3 is 14.4 Å². The van der Waals surface area contributed by atoms with E-state index in [0.717, 1.165) is 36.4 Å². The van der Waals surface area contributed by atoms with E-state index in [2.05, 4.69) is 0 Å². The Kier molecular flexibility index (Phi) is 6.91. The van der Waals surface area contributed by atoms with Gasteiger partial charge in [0.05, 0.1) is 29.6 Å². The van der Waals surface area contributed by atoms with Crippen molar-refractivity contribution in [3.8, 4) is 17.3 Å². The lowest BCUT2D eigenvalue weighted by Gasteiger charge is -2.26. The Bertz CT molecular complexity index is 1250. The summed E-state index contributed by atoms with van der Waals surface area (Å²) in [7, 11) is 0. The second-order valence-corrected chi connectivity index (χ2v) is 8.72. The zero-order chi connectivity index (χ0) is 24.0. The molecule has 0 radical (unpaired) electrons. The summed E-state index contributed by atoms with van der Waals surface area (Å²) in [5, 5.41) is 4.82. The summed E-state index contributed by atoms with van der Waals surface area (Å²) in [5.41, 5.74) is 3.25. The molecule has 0 N–H and O–H groups in total. The molecule has 1 atom stereocenters. The van der Waals surface area contributed by atoms with Gasteiger partial charge in [0, 0.05) is 18.7 Å². The van der Waals surface area contributed by atoms with E-state index in [1.165, 1.54) is 0 Å². The smallest absolute Gasteiger partial charge is 0.254 e. The number of para-hydroxylation sites is 2. The lowest BCUT2D eigenvalue weighted by atomic mass is 10.1. The molecule has 3 aromatic carbocycles. The Morgan fingerprint density at radius 3 is 2.31 bits per heavy atom. The number of rotatable bonds is 8. The van der Waals surface area contributed by atoms with E-state index < -0.39 is 0 Å². The maximum atomic E-state index is 13.6. The molecule has 6 nitrogen and oxygen atoms in total. The van der Waals surface area contributed by atoms with Gasteiger partial charge in [-0.15, -0.1) is 0 Å². The van der Waals surface area contributed by atoms with Gasteiger partial charge in [-0.1, -0.05) is 54.6 Å². The third-order valence-corrected chi connectivity index (χ3v) is 6.20. The summed E-state index contributed by atoms with van der Waals surface area (Å²) < 4.78 is 14.1. The Labute approximate surface area is 205 Å². The first-order valence-corrected chi connectivity index (χ1v) is 12.0. The predicted octanol–water partition coefficient (Wildman–Crippen LogP) is 5.79. The van der Waals surface area contributed by atoms with Crippen LogP contribution in [0.1, 0.15) is 34.5 Å². The average Bonchev–Trinajstić information content (AvgIpc) is 3.53. The van der Waals surface area contributed by atoms with E-state index in [1.54, 1.807) is 0 Å². The highest BCUT2D eigenvalue weighted by Crippen LogP contribution is 2.32. The van der Waals surface area contributed by atoms with Crippen molar-refractivity contribution in [1.29, 1.82) is 0 Å². The molecule has 6 heteroatoms. The first kappa shape index (κ1) is 22.9. The van der Waals surface area contributed by atoms with E-state index in [4.69, 9.17) is 14.6 Å². The monoisotopic (exact) mass is 467 g/mol. The fourth-order valence-electron chi connectivity index (χ4n) is 4.38. The van der Waals surface area contributed by atoms with Crippen LogP contribution < -0.4 is 4.74 Å². The van der Waals surface area contributed by atoms with Gasteiger partial charge in [-0.25, -0.2) is 4.68 Å². The molecule has 0 aliphatic carbocycles. The predicted molar refractivity (Wildman–Crippen MR) is 135 cm³/mol. The van der Waals surface area contributed by atoms with Crippen LogP contribution in [0.15, 0.2) is 91.0 Å². The van der Waals surface area contributed by atoms with E-state index in [1.807, 2.05) is 108 Å². The van der Waals surface area contributed by atoms with Gasteiger partial charge in [0.25, 0.3) is 5.91 Å². The van der Waals surface area contributed by atoms with Crippen molar-refractivity contribution in [2.45, 2.75) is 32.4 Å². The largest absolute Gasteiger partial charge is 0.439 e. The van der Waals surface area contributed by atoms with E-state index in [9.17, 15) is 4.79 Å². The summed E-state index contributed by atoms with van der Waals surface area (Å²) in [6.45, 7) is 3.60. The number of carbonyl (C=O) groups is 1. The maximum Gasteiger partial charge on any atom is 0.254 e. The molecule has 0 bridgehead atoms. The van der Waals surface area contributed by atoms with Gasteiger partial charge in [0.15, 0.2) is 0 Å². The molecule has 1 amide bonds. The first-order valence-electron chi connectivity index (χ1n) is 12.0. The molecule has 1 aromatic heterocycles. The number of nitrogens with zero attached hydrogens (tertiary/aromatic N) is 3. The normalized spacial score (nSPS) is 15.2. The molecule has 1 unspecified atom stereocenters. The molecule has 35 heavy (non-hydrogen) atoms. The van der Waals surface area contributed by atoms with Crippen LogP contribution in [0.4, 0.5) is 0 Å². The van der Waals surface area contributed by atoms with Crippen molar-refractivity contribution < 1.29 is 14.3 Å². The van der Waals surface area contributed by atoms with Crippen molar-refractivity contribution >= 4 is 5.91 Å². The van der Waals surface area contributed by atoms with Gasteiger partial charge in [-0.2, -0.15) is 5.10 Å². The van der Waals surface area contributed by atoms with Gasteiger partial charge in [-0.3, -0.25) is 4.79 Å². The van der Waals surface area contributed by atoms with Crippen LogP contribution in [0, 0.1) is 6.92 Å². The molecule has 1 aliphatic heterocycles. The Morgan fingerprint density at radius 2 is 1.66 bits per heavy atom. The number of aryl methyl sites for hydroxylation is 1. The minimum Gasteiger partial charge on any atom is -0.439 e. The second-order valence-electron chi connectivity index (χ2n) is 8.72. The Hall–Kier alpha value is -3.90. The van der Waals surface area contributed by atoms with Crippen molar-refractivity contribution in [1.82, 2.24) is 14.7 Å². The summed E-state index contributed by atoms with van der Waals surface area (Å²) in [6, 6.07) is 29.0. The highest BCUT2D eigenvalue weighted by molar-refractivity contribution is 5.94. The van der Waals surface area contributed by atoms with Crippen LogP contribution in [0.5, 0.6) is 11.6 Å². The number of benzene rings is 3. The molecule has 178 valence electrons. The van der Waals surface area contributed by atoms with Gasteiger partial charge in [-0.05, 0) is 56.2 Å². The lowest BCUT2D eigenvalue weighted by Crippen LogP contribution is -2.37. The summed E-state index contributed by atoms with van der Waals surface area (Å²) in [4.78, 5) is 15.5. The zero-order valence-corrected chi connectivity index (χ0v) is 19.8. The fraction of sp³-hybridized carbons (Fsp3) is 0.241. The highest BCUT2D eigenvalue weighted by Gasteiger charge is 2.27. The quantitative estimate of drug-likeness (QED) is 0.329. The first-order chi connectivity index (χ1) is 17.2. The molecule has 1 fully saturated rings. The van der Waals surface area contributed by atoms with Crippen LogP contribution in [-0.2, 0) is 11.3 Å². The van der Waals surface area contributed by atoms with Crippen molar-refractivity contribution in [3.63, 3.8) is 0 Å². The minimum absolute atomic E-state index is 0.0291. The summed E-state index contributed by atoms with van der Waals surface area (Å²) >= 11 is 0. The van der Waals surface area contributed by atoms with Crippen molar-refractivity contribution in [3.05, 3.63) is 108 Å². The molecule has 0 saturated carbocycles. The third kappa shape index (κ3) is 5.28. The fourth-order valence-corrected chi connectivity index (χ4v) is 4.38. The number of carbonyl (C=O) groups excluding carboxylic acids is 1.